The minimum atomic E-state index is 0.469. The van der Waals surface area contributed by atoms with Gasteiger partial charge in [-0.2, -0.15) is 5.10 Å². The van der Waals surface area contributed by atoms with E-state index in [9.17, 15) is 0 Å². The maximum atomic E-state index is 5.84. The van der Waals surface area contributed by atoms with Crippen LogP contribution in [0.25, 0.3) is 11.3 Å². The van der Waals surface area contributed by atoms with E-state index in [1.807, 2.05) is 49.6 Å². The average Bonchev–Trinajstić information content (AvgIpc) is 3.28. The van der Waals surface area contributed by atoms with Crippen LogP contribution in [0.15, 0.2) is 54.7 Å². The number of nitrogens with one attached hydrogen (secondary N) is 2. The summed E-state index contributed by atoms with van der Waals surface area (Å²) in [5.41, 5.74) is 3.31. The molecule has 178 valence electrons. The summed E-state index contributed by atoms with van der Waals surface area (Å²) in [5.74, 6) is 2.98. The first-order valence-corrected chi connectivity index (χ1v) is 11.5. The lowest BCUT2D eigenvalue weighted by Crippen LogP contribution is -2.26. The van der Waals surface area contributed by atoms with Crippen molar-refractivity contribution in [1.82, 2.24) is 20.4 Å². The summed E-state index contributed by atoms with van der Waals surface area (Å²) in [5, 5.41) is 10.6. The Kier molecular flexibility index (Phi) is 9.59. The minimum Gasteiger partial charge on any atom is -0.493 e. The predicted octanol–water partition coefficient (Wildman–Crippen LogP) is 4.22. The highest BCUT2D eigenvalue weighted by molar-refractivity contribution is 5.63. The summed E-state index contributed by atoms with van der Waals surface area (Å²) in [6.07, 6.45) is 1.90. The van der Waals surface area contributed by atoms with Crippen LogP contribution in [0, 0.1) is 5.92 Å². The van der Waals surface area contributed by atoms with Gasteiger partial charge in [-0.05, 0) is 68.5 Å². The second-order valence-electron chi connectivity index (χ2n) is 8.51. The fraction of sp³-hybridized carbons (Fsp3) is 0.423. The van der Waals surface area contributed by atoms with Crippen LogP contribution < -0.4 is 19.5 Å². The van der Waals surface area contributed by atoms with Crippen LogP contribution in [-0.2, 0) is 6.54 Å². The number of aromatic nitrogens is 2. The van der Waals surface area contributed by atoms with E-state index in [-0.39, 0.29) is 0 Å². The lowest BCUT2D eigenvalue weighted by molar-refractivity contribution is 0.216. The van der Waals surface area contributed by atoms with E-state index < -0.39 is 0 Å². The predicted molar refractivity (Wildman–Crippen MR) is 132 cm³/mol. The molecule has 1 aromatic heterocycles. The average molecular weight is 453 g/mol. The minimum absolute atomic E-state index is 0.469. The van der Waals surface area contributed by atoms with Gasteiger partial charge in [0.25, 0.3) is 0 Å². The van der Waals surface area contributed by atoms with Crippen molar-refractivity contribution in [3.8, 4) is 28.5 Å². The number of hydrogen-bond donors (Lipinski definition) is 2. The molecular formula is C26H36N4O3. The normalized spacial score (nSPS) is 11.2. The van der Waals surface area contributed by atoms with Gasteiger partial charge in [-0.15, -0.1) is 0 Å². The van der Waals surface area contributed by atoms with Crippen molar-refractivity contribution >= 4 is 0 Å². The zero-order valence-electron chi connectivity index (χ0n) is 20.1. The summed E-state index contributed by atoms with van der Waals surface area (Å²) >= 11 is 0. The smallest absolute Gasteiger partial charge is 0.122 e. The molecule has 7 heteroatoms. The maximum Gasteiger partial charge on any atom is 0.122 e. The third-order valence-corrected chi connectivity index (χ3v) is 5.07. The summed E-state index contributed by atoms with van der Waals surface area (Å²) in [6, 6.07) is 15.8. The number of rotatable bonds is 14. The molecule has 33 heavy (non-hydrogen) atoms. The van der Waals surface area contributed by atoms with E-state index in [0.717, 1.165) is 48.1 Å². The van der Waals surface area contributed by atoms with Gasteiger partial charge in [-0.3, -0.25) is 5.10 Å². The van der Waals surface area contributed by atoms with Crippen molar-refractivity contribution in [3.05, 3.63) is 60.3 Å². The van der Waals surface area contributed by atoms with Crippen molar-refractivity contribution in [3.63, 3.8) is 0 Å². The van der Waals surface area contributed by atoms with Crippen LogP contribution in [0.3, 0.4) is 0 Å². The SMILES string of the molecule is CNCCN(C)Cc1cn[nH]c1-c1ccc(OCCOc2ccc(OCC(C)C)cc2)cc1. The second-order valence-corrected chi connectivity index (χ2v) is 8.51. The van der Waals surface area contributed by atoms with Gasteiger partial charge >= 0.3 is 0 Å². The van der Waals surface area contributed by atoms with Crippen LogP contribution >= 0.6 is 0 Å². The van der Waals surface area contributed by atoms with Gasteiger partial charge in [-0.25, -0.2) is 0 Å². The van der Waals surface area contributed by atoms with Crippen LogP contribution in [0.5, 0.6) is 17.2 Å². The van der Waals surface area contributed by atoms with E-state index >= 15 is 0 Å². The number of hydrogen-bond acceptors (Lipinski definition) is 6. The Morgan fingerprint density at radius 3 is 2.06 bits per heavy atom. The van der Waals surface area contributed by atoms with Crippen LogP contribution in [0.1, 0.15) is 19.4 Å². The number of nitrogens with zero attached hydrogens (tertiary/aromatic N) is 2. The number of H-pyrrole nitrogens is 1. The van der Waals surface area contributed by atoms with Crippen molar-refractivity contribution in [2.45, 2.75) is 20.4 Å². The molecule has 0 fully saturated rings. The molecule has 7 nitrogen and oxygen atoms in total. The molecule has 0 saturated heterocycles. The second kappa shape index (κ2) is 12.9. The monoisotopic (exact) mass is 452 g/mol. The Morgan fingerprint density at radius 2 is 1.48 bits per heavy atom. The van der Waals surface area contributed by atoms with Crippen molar-refractivity contribution in [2.24, 2.45) is 5.92 Å². The summed E-state index contributed by atoms with van der Waals surface area (Å²) < 4.78 is 17.3. The van der Waals surface area contributed by atoms with Gasteiger partial charge in [0.2, 0.25) is 0 Å². The molecule has 0 spiro atoms. The summed E-state index contributed by atoms with van der Waals surface area (Å²) in [6.45, 7) is 8.69. The molecule has 2 aromatic carbocycles. The van der Waals surface area contributed by atoms with E-state index in [2.05, 4.69) is 53.4 Å². The molecule has 0 saturated carbocycles. The first kappa shape index (κ1) is 24.6. The first-order chi connectivity index (χ1) is 16.0. The third kappa shape index (κ3) is 8.11. The lowest BCUT2D eigenvalue weighted by atomic mass is 10.1. The highest BCUT2D eigenvalue weighted by atomic mass is 16.5. The Balaban J connectivity index is 1.44. The van der Waals surface area contributed by atoms with E-state index in [1.54, 1.807) is 0 Å². The highest BCUT2D eigenvalue weighted by Crippen LogP contribution is 2.24. The standard InChI is InChI=1S/C26H36N4O3/c1-20(2)19-33-25-11-9-24(10-12-25)32-16-15-31-23-7-5-21(6-8-23)26-22(17-28-29-26)18-30(4)14-13-27-3/h5-12,17,20,27H,13-16,18-19H2,1-4H3,(H,28,29). The fourth-order valence-electron chi connectivity index (χ4n) is 3.29. The largest absolute Gasteiger partial charge is 0.493 e. The Hall–Kier alpha value is -3.03. The van der Waals surface area contributed by atoms with E-state index in [1.165, 1.54) is 5.56 Å². The van der Waals surface area contributed by atoms with Crippen LogP contribution in [-0.4, -0.2) is 62.1 Å². The molecule has 3 aromatic rings. The molecule has 2 N–H and O–H groups in total. The van der Waals surface area contributed by atoms with Gasteiger partial charge in [0.15, 0.2) is 0 Å². The Labute approximate surface area is 197 Å². The number of likely N-dealkylation sites (N-methyl/N-ethyl adjacent to an activating group) is 2. The molecule has 0 bridgehead atoms. The zero-order chi connectivity index (χ0) is 23.5. The molecule has 3 rings (SSSR count). The highest BCUT2D eigenvalue weighted by Gasteiger charge is 2.10. The molecule has 0 atom stereocenters. The molecule has 1 heterocycles. The zero-order valence-corrected chi connectivity index (χ0v) is 20.1. The van der Waals surface area contributed by atoms with Crippen molar-refractivity contribution in [2.75, 3.05) is 47.0 Å². The van der Waals surface area contributed by atoms with Gasteiger partial charge in [0, 0.05) is 30.8 Å². The summed E-state index contributed by atoms with van der Waals surface area (Å²) in [7, 11) is 4.08. The molecule has 0 aliphatic heterocycles. The Bertz CT molecular complexity index is 939. The maximum absolute atomic E-state index is 5.84. The summed E-state index contributed by atoms with van der Waals surface area (Å²) in [4.78, 5) is 2.27. The van der Waals surface area contributed by atoms with Gasteiger partial charge in [0.1, 0.15) is 30.5 Å². The molecule has 0 amide bonds. The molecule has 0 radical (unpaired) electrons. The number of ether oxygens (including phenoxy) is 3. The lowest BCUT2D eigenvalue weighted by Gasteiger charge is -2.16. The van der Waals surface area contributed by atoms with Crippen molar-refractivity contribution in [1.29, 1.82) is 0 Å². The third-order valence-electron chi connectivity index (χ3n) is 5.07. The van der Waals surface area contributed by atoms with Crippen LogP contribution in [0.2, 0.25) is 0 Å². The van der Waals surface area contributed by atoms with Gasteiger partial charge in [-0.1, -0.05) is 13.8 Å². The number of benzene rings is 2. The molecule has 0 unspecified atom stereocenters. The first-order valence-electron chi connectivity index (χ1n) is 11.5. The van der Waals surface area contributed by atoms with E-state index in [0.29, 0.717) is 25.7 Å². The van der Waals surface area contributed by atoms with Gasteiger partial charge in [0.05, 0.1) is 18.5 Å². The number of aromatic amines is 1. The quantitative estimate of drug-likeness (QED) is 0.357. The Morgan fingerprint density at radius 1 is 0.909 bits per heavy atom. The van der Waals surface area contributed by atoms with E-state index in [4.69, 9.17) is 14.2 Å². The topological polar surface area (TPSA) is 71.6 Å². The molecule has 0 aliphatic rings. The van der Waals surface area contributed by atoms with Crippen LogP contribution in [0.4, 0.5) is 0 Å². The molecular weight excluding hydrogens is 416 g/mol. The molecule has 0 aliphatic carbocycles. The van der Waals surface area contributed by atoms with Crippen molar-refractivity contribution < 1.29 is 14.2 Å². The van der Waals surface area contributed by atoms with Gasteiger partial charge < -0.3 is 24.4 Å². The fourth-order valence-corrected chi connectivity index (χ4v) is 3.29.